The molecule has 136 valence electrons. The predicted octanol–water partition coefficient (Wildman–Crippen LogP) is 3.15. The highest BCUT2D eigenvalue weighted by Crippen LogP contribution is 2.46. The van der Waals surface area contributed by atoms with Crippen molar-refractivity contribution in [2.24, 2.45) is 0 Å². The third kappa shape index (κ3) is 2.58. The third-order valence-electron chi connectivity index (χ3n) is 5.44. The first-order chi connectivity index (χ1) is 12.4. The first-order valence-corrected chi connectivity index (χ1v) is 8.51. The second-order valence-electron chi connectivity index (χ2n) is 6.98. The van der Waals surface area contributed by atoms with Crippen molar-refractivity contribution in [1.82, 2.24) is 9.88 Å². The fraction of sp³-hybridized carbons (Fsp3) is 0.368. The summed E-state index contributed by atoms with van der Waals surface area (Å²) in [5.41, 5.74) is -1.93. The summed E-state index contributed by atoms with van der Waals surface area (Å²) in [5, 5.41) is 11.0. The molecule has 4 nitrogen and oxygen atoms in total. The van der Waals surface area contributed by atoms with Crippen LogP contribution in [-0.4, -0.2) is 33.0 Å². The number of hydrogen-bond acceptors (Lipinski definition) is 3. The van der Waals surface area contributed by atoms with Crippen molar-refractivity contribution in [2.75, 3.05) is 0 Å². The van der Waals surface area contributed by atoms with Gasteiger partial charge >= 0.3 is 0 Å². The van der Waals surface area contributed by atoms with Gasteiger partial charge in [0.25, 0.3) is 5.91 Å². The SMILES string of the molecule is O=C(c1c(F)cccc1F)N1C2CCC1CC(O)(c1cccnc1F)C2. The van der Waals surface area contributed by atoms with Crippen LogP contribution in [-0.2, 0) is 5.60 Å². The zero-order valence-electron chi connectivity index (χ0n) is 13.8. The minimum atomic E-state index is -1.45. The molecule has 0 saturated carbocycles. The van der Waals surface area contributed by atoms with Gasteiger partial charge in [0, 0.05) is 36.7 Å². The van der Waals surface area contributed by atoms with E-state index in [-0.39, 0.29) is 18.4 Å². The molecule has 2 fully saturated rings. The van der Waals surface area contributed by atoms with Gasteiger partial charge in [0.05, 0.1) is 5.60 Å². The molecule has 0 spiro atoms. The van der Waals surface area contributed by atoms with Gasteiger partial charge in [0.1, 0.15) is 17.2 Å². The molecule has 0 aliphatic carbocycles. The lowest BCUT2D eigenvalue weighted by Gasteiger charge is -2.44. The Hall–Kier alpha value is -2.41. The number of pyridine rings is 1. The number of piperidine rings is 1. The number of halogens is 3. The Morgan fingerprint density at radius 2 is 1.69 bits per heavy atom. The molecule has 1 amide bonds. The molecule has 26 heavy (non-hydrogen) atoms. The molecule has 3 heterocycles. The van der Waals surface area contributed by atoms with Crippen LogP contribution in [0.4, 0.5) is 13.2 Å². The zero-order chi connectivity index (χ0) is 18.5. The Balaban J connectivity index is 1.66. The number of hydrogen-bond donors (Lipinski definition) is 1. The Labute approximate surface area is 148 Å². The minimum absolute atomic E-state index is 0.0982. The number of carbonyl (C=O) groups excluding carboxylic acids is 1. The number of aliphatic hydroxyl groups is 1. The second-order valence-corrected chi connectivity index (χ2v) is 6.98. The van der Waals surface area contributed by atoms with E-state index >= 15 is 0 Å². The van der Waals surface area contributed by atoms with E-state index in [9.17, 15) is 23.1 Å². The molecule has 1 N–H and O–H groups in total. The minimum Gasteiger partial charge on any atom is -0.385 e. The number of fused-ring (bicyclic) bond motifs is 2. The summed E-state index contributed by atoms with van der Waals surface area (Å²) in [4.78, 5) is 17.8. The summed E-state index contributed by atoms with van der Waals surface area (Å²) in [6.45, 7) is 0. The highest BCUT2D eigenvalue weighted by atomic mass is 19.1. The average Bonchev–Trinajstić information content (AvgIpc) is 2.87. The van der Waals surface area contributed by atoms with Crippen LogP contribution < -0.4 is 0 Å². The highest BCUT2D eigenvalue weighted by molar-refractivity contribution is 5.95. The van der Waals surface area contributed by atoms with Crippen molar-refractivity contribution >= 4 is 5.91 Å². The van der Waals surface area contributed by atoms with Crippen molar-refractivity contribution in [2.45, 2.75) is 43.4 Å². The number of carbonyl (C=O) groups is 1. The molecular formula is C19H17F3N2O2. The van der Waals surface area contributed by atoms with Crippen molar-refractivity contribution in [1.29, 1.82) is 0 Å². The average molecular weight is 362 g/mol. The van der Waals surface area contributed by atoms with Crippen molar-refractivity contribution in [3.8, 4) is 0 Å². The maximum atomic E-state index is 14.1. The van der Waals surface area contributed by atoms with Gasteiger partial charge in [-0.15, -0.1) is 0 Å². The lowest BCUT2D eigenvalue weighted by molar-refractivity contribution is -0.0506. The van der Waals surface area contributed by atoms with Gasteiger partial charge in [-0.3, -0.25) is 4.79 Å². The summed E-state index contributed by atoms with van der Waals surface area (Å²) in [6, 6.07) is 5.50. The van der Waals surface area contributed by atoms with E-state index in [1.165, 1.54) is 23.2 Å². The van der Waals surface area contributed by atoms with E-state index in [1.54, 1.807) is 6.07 Å². The van der Waals surface area contributed by atoms with E-state index in [0.717, 1.165) is 12.1 Å². The van der Waals surface area contributed by atoms with Crippen LogP contribution in [0.25, 0.3) is 0 Å². The van der Waals surface area contributed by atoms with Gasteiger partial charge in [0.15, 0.2) is 0 Å². The van der Waals surface area contributed by atoms with Gasteiger partial charge in [-0.2, -0.15) is 4.39 Å². The van der Waals surface area contributed by atoms with Crippen LogP contribution >= 0.6 is 0 Å². The number of aromatic nitrogens is 1. The van der Waals surface area contributed by atoms with Crippen LogP contribution in [0.15, 0.2) is 36.5 Å². The Bertz CT molecular complexity index is 839. The van der Waals surface area contributed by atoms with Crippen molar-refractivity contribution < 1.29 is 23.1 Å². The Morgan fingerprint density at radius 1 is 1.08 bits per heavy atom. The fourth-order valence-corrected chi connectivity index (χ4v) is 4.34. The summed E-state index contributed by atoms with van der Waals surface area (Å²) in [5.74, 6) is -3.28. The number of benzene rings is 1. The van der Waals surface area contributed by atoms with Gasteiger partial charge < -0.3 is 10.0 Å². The van der Waals surface area contributed by atoms with Crippen LogP contribution in [0, 0.1) is 17.6 Å². The number of amides is 1. The van der Waals surface area contributed by atoms with Gasteiger partial charge in [-0.05, 0) is 31.0 Å². The summed E-state index contributed by atoms with van der Waals surface area (Å²) < 4.78 is 42.1. The van der Waals surface area contributed by atoms with Gasteiger partial charge in [-0.1, -0.05) is 12.1 Å². The quantitative estimate of drug-likeness (QED) is 0.835. The molecule has 0 radical (unpaired) electrons. The maximum absolute atomic E-state index is 14.1. The predicted molar refractivity (Wildman–Crippen MR) is 86.7 cm³/mol. The highest BCUT2D eigenvalue weighted by Gasteiger charge is 2.51. The maximum Gasteiger partial charge on any atom is 0.260 e. The zero-order valence-corrected chi connectivity index (χ0v) is 13.8. The van der Waals surface area contributed by atoms with E-state index in [0.29, 0.717) is 12.8 Å². The molecule has 2 bridgehead atoms. The topological polar surface area (TPSA) is 53.4 Å². The summed E-state index contributed by atoms with van der Waals surface area (Å²) in [6.07, 6.45) is 2.70. The molecule has 2 aliphatic heterocycles. The standard InChI is InChI=1S/C19H17F3N2O2/c20-14-4-1-5-15(21)16(14)18(25)24-11-6-7-12(24)10-19(26,9-11)13-3-2-8-23-17(13)22/h1-5,8,11-12,26H,6-7,9-10H2. The second kappa shape index (κ2) is 6.09. The van der Waals surface area contributed by atoms with Gasteiger partial charge in [0.2, 0.25) is 5.95 Å². The molecule has 7 heteroatoms. The van der Waals surface area contributed by atoms with Crippen LogP contribution in [0.2, 0.25) is 0 Å². The first kappa shape index (κ1) is 17.0. The number of rotatable bonds is 2. The summed E-state index contributed by atoms with van der Waals surface area (Å²) in [7, 11) is 0. The smallest absolute Gasteiger partial charge is 0.260 e. The Morgan fingerprint density at radius 3 is 2.27 bits per heavy atom. The first-order valence-electron chi connectivity index (χ1n) is 8.51. The fourth-order valence-electron chi connectivity index (χ4n) is 4.34. The van der Waals surface area contributed by atoms with E-state index in [2.05, 4.69) is 4.98 Å². The molecule has 2 unspecified atom stereocenters. The third-order valence-corrected chi connectivity index (χ3v) is 5.44. The van der Waals surface area contributed by atoms with Crippen molar-refractivity contribution in [3.05, 3.63) is 65.2 Å². The lowest BCUT2D eigenvalue weighted by atomic mass is 9.80. The van der Waals surface area contributed by atoms with Crippen LogP contribution in [0.5, 0.6) is 0 Å². The molecular weight excluding hydrogens is 345 g/mol. The Kier molecular flexibility index (Phi) is 3.99. The summed E-state index contributed by atoms with van der Waals surface area (Å²) >= 11 is 0. The van der Waals surface area contributed by atoms with Gasteiger partial charge in [-0.25, -0.2) is 13.8 Å². The van der Waals surface area contributed by atoms with Crippen LogP contribution in [0.1, 0.15) is 41.6 Å². The molecule has 1 aromatic carbocycles. The monoisotopic (exact) mass is 362 g/mol. The van der Waals surface area contributed by atoms with E-state index in [4.69, 9.17) is 0 Å². The lowest BCUT2D eigenvalue weighted by Crippen LogP contribution is -2.52. The van der Waals surface area contributed by atoms with Crippen molar-refractivity contribution in [3.63, 3.8) is 0 Å². The molecule has 2 aliphatic rings. The molecule has 2 aromatic rings. The molecule has 2 saturated heterocycles. The van der Waals surface area contributed by atoms with E-state index in [1.807, 2.05) is 0 Å². The molecule has 4 rings (SSSR count). The number of nitrogens with zero attached hydrogens (tertiary/aromatic N) is 2. The van der Waals surface area contributed by atoms with Crippen LogP contribution in [0.3, 0.4) is 0 Å². The normalized spacial score (nSPS) is 27.6. The molecule has 1 aromatic heterocycles. The van der Waals surface area contributed by atoms with E-state index < -0.39 is 46.7 Å². The largest absolute Gasteiger partial charge is 0.385 e. The molecule has 2 atom stereocenters.